The van der Waals surface area contributed by atoms with E-state index in [9.17, 15) is 4.79 Å². The average Bonchev–Trinajstić information content (AvgIpc) is 2.86. The van der Waals surface area contributed by atoms with Crippen LogP contribution < -0.4 is 11.1 Å². The molecule has 0 atom stereocenters. The molecule has 0 radical (unpaired) electrons. The average molecular weight is 259 g/mol. The van der Waals surface area contributed by atoms with Gasteiger partial charge in [-0.15, -0.1) is 0 Å². The van der Waals surface area contributed by atoms with Crippen molar-refractivity contribution >= 4 is 11.6 Å². The van der Waals surface area contributed by atoms with E-state index in [1.807, 2.05) is 26.0 Å². The molecule has 1 heterocycles. The summed E-state index contributed by atoms with van der Waals surface area (Å²) in [5.74, 6) is 0.506. The number of nitrogens with one attached hydrogen (secondary N) is 1. The molecule has 0 unspecified atom stereocenters. The minimum absolute atomic E-state index is 0.238. The van der Waals surface area contributed by atoms with E-state index < -0.39 is 0 Å². The van der Waals surface area contributed by atoms with Gasteiger partial charge in [-0.3, -0.25) is 4.79 Å². The molecule has 3 N–H and O–H groups in total. The maximum Gasteiger partial charge on any atom is 0.273 e. The Labute approximate surface area is 111 Å². The highest BCUT2D eigenvalue weighted by Crippen LogP contribution is 2.24. The van der Waals surface area contributed by atoms with Crippen LogP contribution in [0.3, 0.4) is 0 Å². The molecule has 0 aliphatic rings. The highest BCUT2D eigenvalue weighted by atomic mass is 16.3. The number of nitrogen functional groups attached to an aromatic ring is 1. The van der Waals surface area contributed by atoms with Gasteiger partial charge in [-0.25, -0.2) is 4.98 Å². The SMILES string of the molecule is CC(C)CNC(=O)c1coc(-c2ccccc2N)n1. The van der Waals surface area contributed by atoms with Gasteiger partial charge in [0.25, 0.3) is 5.91 Å². The summed E-state index contributed by atoms with van der Waals surface area (Å²) in [5, 5.41) is 2.79. The second kappa shape index (κ2) is 5.56. The number of para-hydroxylation sites is 1. The van der Waals surface area contributed by atoms with Crippen molar-refractivity contribution in [1.82, 2.24) is 10.3 Å². The summed E-state index contributed by atoms with van der Waals surface area (Å²) in [4.78, 5) is 16.0. The third kappa shape index (κ3) is 3.13. The highest BCUT2D eigenvalue weighted by Gasteiger charge is 2.14. The van der Waals surface area contributed by atoms with Crippen molar-refractivity contribution in [1.29, 1.82) is 0 Å². The number of nitrogens with zero attached hydrogens (tertiary/aromatic N) is 1. The van der Waals surface area contributed by atoms with E-state index in [0.717, 1.165) is 0 Å². The topological polar surface area (TPSA) is 81.2 Å². The van der Waals surface area contributed by atoms with Gasteiger partial charge < -0.3 is 15.5 Å². The number of hydrogen-bond donors (Lipinski definition) is 2. The molecule has 5 heteroatoms. The van der Waals surface area contributed by atoms with Gasteiger partial charge in [-0.2, -0.15) is 0 Å². The predicted molar refractivity (Wildman–Crippen MR) is 73.5 cm³/mol. The molecular formula is C14H17N3O2. The molecule has 100 valence electrons. The molecule has 0 aliphatic heterocycles. The number of nitrogens with two attached hydrogens (primary N) is 1. The van der Waals surface area contributed by atoms with Crippen molar-refractivity contribution in [2.75, 3.05) is 12.3 Å². The Morgan fingerprint density at radius 3 is 2.84 bits per heavy atom. The van der Waals surface area contributed by atoms with Gasteiger partial charge in [0.15, 0.2) is 5.69 Å². The zero-order valence-electron chi connectivity index (χ0n) is 11.0. The molecule has 0 fully saturated rings. The van der Waals surface area contributed by atoms with E-state index in [1.165, 1.54) is 6.26 Å². The molecule has 19 heavy (non-hydrogen) atoms. The maximum atomic E-state index is 11.8. The maximum absolute atomic E-state index is 11.8. The lowest BCUT2D eigenvalue weighted by molar-refractivity contribution is 0.0944. The summed E-state index contributed by atoms with van der Waals surface area (Å²) in [6.07, 6.45) is 1.34. The highest BCUT2D eigenvalue weighted by molar-refractivity contribution is 5.92. The number of rotatable bonds is 4. The lowest BCUT2D eigenvalue weighted by atomic mass is 10.2. The summed E-state index contributed by atoms with van der Waals surface area (Å²) in [7, 11) is 0. The fourth-order valence-corrected chi connectivity index (χ4v) is 1.58. The van der Waals surface area contributed by atoms with E-state index in [0.29, 0.717) is 29.6 Å². The molecule has 0 aliphatic carbocycles. The lowest BCUT2D eigenvalue weighted by Crippen LogP contribution is -2.27. The summed E-state index contributed by atoms with van der Waals surface area (Å²) in [5.41, 5.74) is 7.35. The predicted octanol–water partition coefficient (Wildman–Crippen LogP) is 2.31. The van der Waals surface area contributed by atoms with E-state index in [1.54, 1.807) is 12.1 Å². The van der Waals surface area contributed by atoms with Crippen LogP contribution in [-0.2, 0) is 0 Å². The van der Waals surface area contributed by atoms with Crippen LogP contribution in [0.1, 0.15) is 24.3 Å². The third-order valence-electron chi connectivity index (χ3n) is 2.60. The number of oxazole rings is 1. The first-order valence-electron chi connectivity index (χ1n) is 6.16. The minimum atomic E-state index is -0.238. The van der Waals surface area contributed by atoms with Gasteiger partial charge in [0, 0.05) is 12.2 Å². The number of carbonyl (C=O) groups excluding carboxylic acids is 1. The van der Waals surface area contributed by atoms with E-state index in [-0.39, 0.29) is 11.6 Å². The number of benzene rings is 1. The molecule has 0 spiro atoms. The molecule has 1 aromatic carbocycles. The molecule has 2 aromatic rings. The summed E-state index contributed by atoms with van der Waals surface area (Å²) in [6, 6.07) is 7.24. The van der Waals surface area contributed by atoms with Crippen molar-refractivity contribution in [3.63, 3.8) is 0 Å². The molecule has 0 bridgehead atoms. The van der Waals surface area contributed by atoms with Crippen molar-refractivity contribution in [2.24, 2.45) is 5.92 Å². The summed E-state index contributed by atoms with van der Waals surface area (Å²) in [6.45, 7) is 4.66. The third-order valence-corrected chi connectivity index (χ3v) is 2.60. The largest absolute Gasteiger partial charge is 0.444 e. The van der Waals surface area contributed by atoms with E-state index >= 15 is 0 Å². The van der Waals surface area contributed by atoms with Crippen LogP contribution >= 0.6 is 0 Å². The summed E-state index contributed by atoms with van der Waals surface area (Å²) >= 11 is 0. The first-order chi connectivity index (χ1) is 9.08. The lowest BCUT2D eigenvalue weighted by Gasteiger charge is -2.04. The molecule has 0 saturated carbocycles. The van der Waals surface area contributed by atoms with Crippen molar-refractivity contribution in [3.05, 3.63) is 36.2 Å². The monoisotopic (exact) mass is 259 g/mol. The van der Waals surface area contributed by atoms with Crippen LogP contribution in [0.15, 0.2) is 34.9 Å². The van der Waals surface area contributed by atoms with Gasteiger partial charge in [-0.1, -0.05) is 26.0 Å². The van der Waals surface area contributed by atoms with Crippen LogP contribution in [0.25, 0.3) is 11.5 Å². The van der Waals surface area contributed by atoms with Gasteiger partial charge in [0.05, 0.1) is 5.56 Å². The Morgan fingerprint density at radius 1 is 1.42 bits per heavy atom. The molecule has 0 saturated heterocycles. The van der Waals surface area contributed by atoms with Crippen molar-refractivity contribution in [2.45, 2.75) is 13.8 Å². The summed E-state index contributed by atoms with van der Waals surface area (Å²) < 4.78 is 5.31. The van der Waals surface area contributed by atoms with Crippen molar-refractivity contribution in [3.8, 4) is 11.5 Å². The number of aromatic nitrogens is 1. The quantitative estimate of drug-likeness (QED) is 0.825. The Bertz CT molecular complexity index is 576. The first kappa shape index (κ1) is 13.1. The molecular weight excluding hydrogens is 242 g/mol. The van der Waals surface area contributed by atoms with Gasteiger partial charge in [0.1, 0.15) is 6.26 Å². The van der Waals surface area contributed by atoms with E-state index in [2.05, 4.69) is 10.3 Å². The van der Waals surface area contributed by atoms with Gasteiger partial charge in [0.2, 0.25) is 5.89 Å². The molecule has 1 aromatic heterocycles. The number of amides is 1. The Hall–Kier alpha value is -2.30. The second-order valence-corrected chi connectivity index (χ2v) is 4.73. The smallest absolute Gasteiger partial charge is 0.273 e. The zero-order chi connectivity index (χ0) is 13.8. The van der Waals surface area contributed by atoms with E-state index in [4.69, 9.17) is 10.2 Å². The van der Waals surface area contributed by atoms with Crippen LogP contribution in [0.2, 0.25) is 0 Å². The van der Waals surface area contributed by atoms with Gasteiger partial charge >= 0.3 is 0 Å². The standard InChI is InChI=1S/C14H17N3O2/c1-9(2)7-16-13(18)12-8-19-14(17-12)10-5-3-4-6-11(10)15/h3-6,8-9H,7,15H2,1-2H3,(H,16,18). The molecule has 1 amide bonds. The minimum Gasteiger partial charge on any atom is -0.444 e. The van der Waals surface area contributed by atoms with Crippen LogP contribution in [0, 0.1) is 5.92 Å². The zero-order valence-corrected chi connectivity index (χ0v) is 11.0. The number of hydrogen-bond acceptors (Lipinski definition) is 4. The fourth-order valence-electron chi connectivity index (χ4n) is 1.58. The van der Waals surface area contributed by atoms with Gasteiger partial charge in [-0.05, 0) is 18.1 Å². The second-order valence-electron chi connectivity index (χ2n) is 4.73. The number of anilines is 1. The normalized spacial score (nSPS) is 10.7. The Kier molecular flexibility index (Phi) is 3.85. The van der Waals surface area contributed by atoms with Crippen LogP contribution in [-0.4, -0.2) is 17.4 Å². The first-order valence-corrected chi connectivity index (χ1v) is 6.16. The molecule has 2 rings (SSSR count). The Balaban J connectivity index is 2.15. The Morgan fingerprint density at radius 2 is 2.16 bits per heavy atom. The molecule has 5 nitrogen and oxygen atoms in total. The van der Waals surface area contributed by atoms with Crippen molar-refractivity contribution < 1.29 is 9.21 Å². The number of carbonyl (C=O) groups is 1. The van der Waals surface area contributed by atoms with Crippen LogP contribution in [0.4, 0.5) is 5.69 Å². The van der Waals surface area contributed by atoms with Crippen LogP contribution in [0.5, 0.6) is 0 Å². The fraction of sp³-hybridized carbons (Fsp3) is 0.286.